The molecule has 0 spiro atoms. The van der Waals surface area contributed by atoms with E-state index in [4.69, 9.17) is 4.84 Å². The molecule has 0 N–H and O–H groups in total. The summed E-state index contributed by atoms with van der Waals surface area (Å²) in [6.07, 6.45) is -0.184. The molecule has 1 unspecified atom stereocenters. The minimum atomic E-state index is -0.184. The summed E-state index contributed by atoms with van der Waals surface area (Å²) in [5.74, 6) is 0.888. The lowest BCUT2D eigenvalue weighted by atomic mass is 10.0. The fourth-order valence-electron chi connectivity index (χ4n) is 2.69. The van der Waals surface area contributed by atoms with Gasteiger partial charge in [-0.2, -0.15) is 0 Å². The van der Waals surface area contributed by atoms with Crippen molar-refractivity contribution in [1.82, 2.24) is 4.90 Å². The van der Waals surface area contributed by atoms with Gasteiger partial charge >= 0.3 is 0 Å². The highest BCUT2D eigenvalue weighted by molar-refractivity contribution is 5.99. The highest BCUT2D eigenvalue weighted by Gasteiger charge is 2.39. The van der Waals surface area contributed by atoms with E-state index in [2.05, 4.69) is 74.1 Å². The van der Waals surface area contributed by atoms with Gasteiger partial charge in [0.2, 0.25) is 6.23 Å². The first-order chi connectivity index (χ1) is 10.5. The number of benzene rings is 2. The van der Waals surface area contributed by atoms with Crippen molar-refractivity contribution in [2.75, 3.05) is 0 Å². The summed E-state index contributed by atoms with van der Waals surface area (Å²) in [6.45, 7) is 8.64. The Morgan fingerprint density at radius 1 is 0.955 bits per heavy atom. The molecule has 1 atom stereocenters. The average Bonchev–Trinajstić information content (AvgIpc) is 2.94. The van der Waals surface area contributed by atoms with Crippen molar-refractivity contribution < 1.29 is 4.84 Å². The summed E-state index contributed by atoms with van der Waals surface area (Å²) in [4.78, 5) is 8.04. The van der Waals surface area contributed by atoms with Gasteiger partial charge < -0.3 is 9.74 Å². The minimum absolute atomic E-state index is 0.0965. The summed E-state index contributed by atoms with van der Waals surface area (Å²) in [7, 11) is 0. The molecular weight excluding hydrogens is 272 g/mol. The van der Waals surface area contributed by atoms with Crippen molar-refractivity contribution in [3.05, 3.63) is 71.3 Å². The molecule has 0 radical (unpaired) electrons. The van der Waals surface area contributed by atoms with Crippen LogP contribution in [0, 0.1) is 6.92 Å². The molecule has 3 nitrogen and oxygen atoms in total. The van der Waals surface area contributed by atoms with Crippen LogP contribution in [0.25, 0.3) is 0 Å². The number of hydrogen-bond acceptors (Lipinski definition) is 3. The summed E-state index contributed by atoms with van der Waals surface area (Å²) < 4.78 is 0. The fourth-order valence-corrected chi connectivity index (χ4v) is 2.69. The third-order valence-corrected chi connectivity index (χ3v) is 3.82. The quantitative estimate of drug-likeness (QED) is 0.815. The Balaban J connectivity index is 1.99. The normalized spacial score (nSPS) is 18.1. The lowest BCUT2D eigenvalue weighted by Gasteiger charge is -2.37. The molecule has 114 valence electrons. The number of amidine groups is 1. The first-order valence-electron chi connectivity index (χ1n) is 7.62. The molecule has 0 aromatic heterocycles. The molecule has 3 rings (SSSR count). The topological polar surface area (TPSA) is 24.8 Å². The Hall–Kier alpha value is -2.29. The number of aryl methyl sites for hydroxylation is 1. The van der Waals surface area contributed by atoms with Crippen molar-refractivity contribution in [3.8, 4) is 0 Å². The molecule has 3 heteroatoms. The van der Waals surface area contributed by atoms with Gasteiger partial charge in [0.25, 0.3) is 0 Å². The summed E-state index contributed by atoms with van der Waals surface area (Å²) in [6, 6.07) is 18.6. The molecule has 0 saturated heterocycles. The Kier molecular flexibility index (Phi) is 3.65. The van der Waals surface area contributed by atoms with Crippen LogP contribution in [0.3, 0.4) is 0 Å². The van der Waals surface area contributed by atoms with Crippen LogP contribution in [-0.4, -0.2) is 16.3 Å². The van der Waals surface area contributed by atoms with E-state index in [-0.39, 0.29) is 11.8 Å². The maximum Gasteiger partial charge on any atom is 0.227 e. The molecule has 1 aliphatic rings. The highest BCUT2D eigenvalue weighted by Crippen LogP contribution is 2.36. The van der Waals surface area contributed by atoms with E-state index in [0.29, 0.717) is 0 Å². The SMILES string of the molecule is Cc1ccc(C2ON=C(c3ccccc3)N2C(C)(C)C)cc1. The Bertz CT molecular complexity index is 669. The van der Waals surface area contributed by atoms with Gasteiger partial charge in [0.1, 0.15) is 0 Å². The number of oxime groups is 1. The van der Waals surface area contributed by atoms with E-state index in [1.54, 1.807) is 0 Å². The molecule has 0 saturated carbocycles. The molecule has 0 fully saturated rings. The first kappa shape index (κ1) is 14.6. The van der Waals surface area contributed by atoms with Crippen LogP contribution in [0.4, 0.5) is 0 Å². The zero-order chi connectivity index (χ0) is 15.7. The average molecular weight is 294 g/mol. The van der Waals surface area contributed by atoms with Crippen LogP contribution < -0.4 is 0 Å². The second kappa shape index (κ2) is 5.48. The number of hydrogen-bond donors (Lipinski definition) is 0. The second-order valence-corrected chi connectivity index (χ2v) is 6.69. The third kappa shape index (κ3) is 2.71. The van der Waals surface area contributed by atoms with Gasteiger partial charge in [-0.15, -0.1) is 0 Å². The van der Waals surface area contributed by atoms with Crippen LogP contribution in [-0.2, 0) is 4.84 Å². The number of rotatable bonds is 2. The summed E-state index contributed by atoms with van der Waals surface area (Å²) in [5.41, 5.74) is 3.34. The van der Waals surface area contributed by atoms with E-state index in [1.807, 2.05) is 18.2 Å². The lowest BCUT2D eigenvalue weighted by Crippen LogP contribution is -2.45. The molecule has 0 aliphatic carbocycles. The standard InChI is InChI=1S/C19H22N2O/c1-14-10-12-16(13-11-14)18-21(19(2,3)4)17(20-22-18)15-8-6-5-7-9-15/h5-13,18H,1-4H3. The summed E-state index contributed by atoms with van der Waals surface area (Å²) >= 11 is 0. The van der Waals surface area contributed by atoms with Crippen LogP contribution >= 0.6 is 0 Å². The van der Waals surface area contributed by atoms with Gasteiger partial charge in [-0.1, -0.05) is 65.3 Å². The molecule has 22 heavy (non-hydrogen) atoms. The molecular formula is C19H22N2O. The highest BCUT2D eigenvalue weighted by atomic mass is 16.7. The van der Waals surface area contributed by atoms with Crippen molar-refractivity contribution in [1.29, 1.82) is 0 Å². The molecule has 0 bridgehead atoms. The van der Waals surface area contributed by atoms with E-state index in [0.717, 1.165) is 17.0 Å². The smallest absolute Gasteiger partial charge is 0.227 e. The van der Waals surface area contributed by atoms with Gasteiger partial charge in [0, 0.05) is 16.7 Å². The van der Waals surface area contributed by atoms with Gasteiger partial charge in [0.15, 0.2) is 5.84 Å². The Morgan fingerprint density at radius 2 is 1.59 bits per heavy atom. The second-order valence-electron chi connectivity index (χ2n) is 6.69. The molecule has 2 aromatic carbocycles. The maximum absolute atomic E-state index is 5.80. The lowest BCUT2D eigenvalue weighted by molar-refractivity contribution is -0.0238. The zero-order valence-electron chi connectivity index (χ0n) is 13.6. The monoisotopic (exact) mass is 294 g/mol. The molecule has 2 aromatic rings. The van der Waals surface area contributed by atoms with Crippen LogP contribution in [0.5, 0.6) is 0 Å². The van der Waals surface area contributed by atoms with Crippen molar-refractivity contribution in [2.45, 2.75) is 39.5 Å². The zero-order valence-corrected chi connectivity index (χ0v) is 13.6. The van der Waals surface area contributed by atoms with E-state index >= 15 is 0 Å². The predicted octanol–water partition coefficient (Wildman–Crippen LogP) is 4.49. The van der Waals surface area contributed by atoms with E-state index < -0.39 is 0 Å². The maximum atomic E-state index is 5.80. The van der Waals surface area contributed by atoms with Gasteiger partial charge in [-0.25, -0.2) is 0 Å². The van der Waals surface area contributed by atoms with Gasteiger partial charge in [0.05, 0.1) is 0 Å². The van der Waals surface area contributed by atoms with Crippen molar-refractivity contribution >= 4 is 5.84 Å². The first-order valence-corrected chi connectivity index (χ1v) is 7.62. The number of nitrogens with zero attached hydrogens (tertiary/aromatic N) is 2. The molecule has 0 amide bonds. The fraction of sp³-hybridized carbons (Fsp3) is 0.316. The van der Waals surface area contributed by atoms with Crippen LogP contribution in [0.1, 0.15) is 43.7 Å². The van der Waals surface area contributed by atoms with E-state index in [1.165, 1.54) is 5.56 Å². The largest absolute Gasteiger partial charge is 0.363 e. The predicted molar refractivity (Wildman–Crippen MR) is 89.6 cm³/mol. The van der Waals surface area contributed by atoms with Crippen molar-refractivity contribution in [3.63, 3.8) is 0 Å². The Labute approximate surface area is 132 Å². The van der Waals surface area contributed by atoms with Crippen LogP contribution in [0.2, 0.25) is 0 Å². The van der Waals surface area contributed by atoms with Gasteiger partial charge in [-0.3, -0.25) is 0 Å². The molecule has 1 aliphatic heterocycles. The Morgan fingerprint density at radius 3 is 2.18 bits per heavy atom. The molecule has 1 heterocycles. The minimum Gasteiger partial charge on any atom is -0.363 e. The van der Waals surface area contributed by atoms with E-state index in [9.17, 15) is 0 Å². The van der Waals surface area contributed by atoms with Gasteiger partial charge in [-0.05, 0) is 27.7 Å². The third-order valence-electron chi connectivity index (χ3n) is 3.82. The van der Waals surface area contributed by atoms with Crippen LogP contribution in [0.15, 0.2) is 59.8 Å². The summed E-state index contributed by atoms with van der Waals surface area (Å²) in [5, 5.41) is 4.38. The van der Waals surface area contributed by atoms with Crippen molar-refractivity contribution in [2.24, 2.45) is 5.16 Å².